The Labute approximate surface area is 150 Å². The van der Waals surface area contributed by atoms with Crippen molar-refractivity contribution in [1.82, 2.24) is 14.4 Å². The number of amides is 2. The SMILES string of the molecule is O=C(c1cccn1C1CCCC1)N1CCCC(N2CCCC2=O)CC1. The summed E-state index contributed by atoms with van der Waals surface area (Å²) in [6.45, 7) is 2.48. The number of nitrogens with zero attached hydrogens (tertiary/aromatic N) is 3. The van der Waals surface area contributed by atoms with Crippen molar-refractivity contribution in [2.45, 2.75) is 69.9 Å². The Balaban J connectivity index is 1.43. The summed E-state index contributed by atoms with van der Waals surface area (Å²) < 4.78 is 2.21. The van der Waals surface area contributed by atoms with Crippen LogP contribution in [0, 0.1) is 0 Å². The maximum Gasteiger partial charge on any atom is 0.270 e. The number of carbonyl (C=O) groups excluding carboxylic acids is 2. The average Bonchev–Trinajstić information content (AvgIpc) is 3.33. The van der Waals surface area contributed by atoms with Gasteiger partial charge in [-0.05, 0) is 50.7 Å². The van der Waals surface area contributed by atoms with Gasteiger partial charge in [0.05, 0.1) is 0 Å². The topological polar surface area (TPSA) is 45.6 Å². The lowest BCUT2D eigenvalue weighted by atomic mass is 10.1. The van der Waals surface area contributed by atoms with E-state index in [4.69, 9.17) is 0 Å². The first-order chi connectivity index (χ1) is 12.2. The molecule has 5 nitrogen and oxygen atoms in total. The van der Waals surface area contributed by atoms with E-state index >= 15 is 0 Å². The summed E-state index contributed by atoms with van der Waals surface area (Å²) in [7, 11) is 0. The van der Waals surface area contributed by atoms with Gasteiger partial charge in [0.15, 0.2) is 0 Å². The van der Waals surface area contributed by atoms with E-state index < -0.39 is 0 Å². The van der Waals surface area contributed by atoms with E-state index in [9.17, 15) is 9.59 Å². The quantitative estimate of drug-likeness (QED) is 0.846. The summed E-state index contributed by atoms with van der Waals surface area (Å²) >= 11 is 0. The van der Waals surface area contributed by atoms with E-state index in [1.165, 1.54) is 25.7 Å². The summed E-state index contributed by atoms with van der Waals surface area (Å²) in [5, 5.41) is 0. The zero-order valence-corrected chi connectivity index (χ0v) is 15.0. The Kier molecular flexibility index (Phi) is 4.82. The van der Waals surface area contributed by atoms with Crippen LogP contribution in [0.5, 0.6) is 0 Å². The second-order valence-corrected chi connectivity index (χ2v) is 7.81. The Morgan fingerprint density at radius 3 is 2.48 bits per heavy atom. The predicted molar refractivity (Wildman–Crippen MR) is 96.4 cm³/mol. The van der Waals surface area contributed by atoms with Gasteiger partial charge >= 0.3 is 0 Å². The van der Waals surface area contributed by atoms with Crippen molar-refractivity contribution in [3.05, 3.63) is 24.0 Å². The number of hydrogen-bond acceptors (Lipinski definition) is 2. The minimum atomic E-state index is 0.172. The Hall–Kier alpha value is -1.78. The third-order valence-electron chi connectivity index (χ3n) is 6.25. The van der Waals surface area contributed by atoms with E-state index in [1.807, 2.05) is 17.0 Å². The molecular formula is C20H29N3O2. The fourth-order valence-corrected chi connectivity index (χ4v) is 4.89. The van der Waals surface area contributed by atoms with Crippen LogP contribution in [0.2, 0.25) is 0 Å². The van der Waals surface area contributed by atoms with Gasteiger partial charge < -0.3 is 14.4 Å². The molecule has 3 fully saturated rings. The molecule has 2 amide bonds. The summed E-state index contributed by atoms with van der Waals surface area (Å²) in [4.78, 5) is 29.2. The molecule has 0 aromatic carbocycles. The van der Waals surface area contributed by atoms with E-state index in [1.54, 1.807) is 0 Å². The number of carbonyl (C=O) groups is 2. The number of aromatic nitrogens is 1. The molecule has 0 N–H and O–H groups in total. The van der Waals surface area contributed by atoms with Gasteiger partial charge in [0, 0.05) is 44.3 Å². The molecule has 1 aliphatic carbocycles. The number of rotatable bonds is 3. The van der Waals surface area contributed by atoms with E-state index in [0.717, 1.165) is 51.0 Å². The fourth-order valence-electron chi connectivity index (χ4n) is 4.89. The Morgan fingerprint density at radius 1 is 0.920 bits per heavy atom. The lowest BCUT2D eigenvalue weighted by Gasteiger charge is -2.27. The maximum atomic E-state index is 13.1. The zero-order chi connectivity index (χ0) is 17.2. The van der Waals surface area contributed by atoms with Gasteiger partial charge in [0.25, 0.3) is 5.91 Å². The summed E-state index contributed by atoms with van der Waals surface area (Å²) in [6.07, 6.45) is 11.6. The normalized spacial score (nSPS) is 25.6. The van der Waals surface area contributed by atoms with Gasteiger partial charge in [-0.3, -0.25) is 9.59 Å². The summed E-state index contributed by atoms with van der Waals surface area (Å²) in [6, 6.07) is 4.81. The van der Waals surface area contributed by atoms with Crippen LogP contribution in [0.3, 0.4) is 0 Å². The molecule has 2 aliphatic heterocycles. The van der Waals surface area contributed by atoms with Gasteiger partial charge in [-0.2, -0.15) is 0 Å². The van der Waals surface area contributed by atoms with Crippen LogP contribution < -0.4 is 0 Å². The van der Waals surface area contributed by atoms with Crippen molar-refractivity contribution in [3.8, 4) is 0 Å². The van der Waals surface area contributed by atoms with E-state index in [0.29, 0.717) is 24.4 Å². The van der Waals surface area contributed by atoms with Gasteiger partial charge in [0.1, 0.15) is 5.69 Å². The zero-order valence-electron chi connectivity index (χ0n) is 15.0. The van der Waals surface area contributed by atoms with Crippen molar-refractivity contribution in [1.29, 1.82) is 0 Å². The third-order valence-corrected chi connectivity index (χ3v) is 6.25. The van der Waals surface area contributed by atoms with Crippen LogP contribution in [0.25, 0.3) is 0 Å². The van der Waals surface area contributed by atoms with Crippen LogP contribution in [-0.2, 0) is 4.79 Å². The van der Waals surface area contributed by atoms with Crippen LogP contribution in [-0.4, -0.2) is 51.9 Å². The molecule has 3 aliphatic rings. The molecule has 1 aromatic rings. The molecule has 25 heavy (non-hydrogen) atoms. The molecule has 0 radical (unpaired) electrons. The van der Waals surface area contributed by atoms with Crippen molar-refractivity contribution in [3.63, 3.8) is 0 Å². The molecule has 3 heterocycles. The minimum absolute atomic E-state index is 0.172. The van der Waals surface area contributed by atoms with Crippen LogP contribution in [0.15, 0.2) is 18.3 Å². The second-order valence-electron chi connectivity index (χ2n) is 7.81. The molecule has 5 heteroatoms. The Morgan fingerprint density at radius 2 is 1.72 bits per heavy atom. The predicted octanol–water partition coefficient (Wildman–Crippen LogP) is 3.22. The fraction of sp³-hybridized carbons (Fsp3) is 0.700. The largest absolute Gasteiger partial charge is 0.340 e. The molecule has 1 unspecified atom stereocenters. The highest BCUT2D eigenvalue weighted by molar-refractivity contribution is 5.93. The second kappa shape index (κ2) is 7.22. The van der Waals surface area contributed by atoms with Gasteiger partial charge in [-0.25, -0.2) is 0 Å². The van der Waals surface area contributed by atoms with Gasteiger partial charge in [0.2, 0.25) is 5.91 Å². The molecule has 1 aromatic heterocycles. The minimum Gasteiger partial charge on any atom is -0.340 e. The molecule has 0 spiro atoms. The van der Waals surface area contributed by atoms with Gasteiger partial charge in [-0.15, -0.1) is 0 Å². The highest BCUT2D eigenvalue weighted by atomic mass is 16.2. The number of hydrogen-bond donors (Lipinski definition) is 0. The molecule has 4 rings (SSSR count). The smallest absolute Gasteiger partial charge is 0.270 e. The van der Waals surface area contributed by atoms with Crippen molar-refractivity contribution >= 4 is 11.8 Å². The molecule has 1 saturated carbocycles. The summed E-state index contributed by atoms with van der Waals surface area (Å²) in [5.41, 5.74) is 0.850. The van der Waals surface area contributed by atoms with Crippen LogP contribution >= 0.6 is 0 Å². The van der Waals surface area contributed by atoms with E-state index in [-0.39, 0.29) is 5.91 Å². The van der Waals surface area contributed by atoms with Crippen molar-refractivity contribution < 1.29 is 9.59 Å². The number of likely N-dealkylation sites (tertiary alicyclic amines) is 2. The van der Waals surface area contributed by atoms with Crippen molar-refractivity contribution in [2.24, 2.45) is 0 Å². The van der Waals surface area contributed by atoms with Crippen molar-refractivity contribution in [2.75, 3.05) is 19.6 Å². The first-order valence-electron chi connectivity index (χ1n) is 9.99. The molecule has 0 bridgehead atoms. The monoisotopic (exact) mass is 343 g/mol. The third kappa shape index (κ3) is 3.33. The average molecular weight is 343 g/mol. The standard InChI is InChI=1S/C20H29N3O2/c24-19-10-5-14-23(19)17-8-3-12-21(15-11-17)20(25)18-9-4-13-22(18)16-6-1-2-7-16/h4,9,13,16-17H,1-3,5-8,10-12,14-15H2. The Bertz CT molecular complexity index is 633. The lowest BCUT2D eigenvalue weighted by molar-refractivity contribution is -0.129. The highest BCUT2D eigenvalue weighted by Crippen LogP contribution is 2.31. The highest BCUT2D eigenvalue weighted by Gasteiger charge is 2.31. The van der Waals surface area contributed by atoms with Crippen LogP contribution in [0.1, 0.15) is 74.3 Å². The summed E-state index contributed by atoms with van der Waals surface area (Å²) in [5.74, 6) is 0.477. The maximum absolute atomic E-state index is 13.1. The molecule has 2 saturated heterocycles. The van der Waals surface area contributed by atoms with E-state index in [2.05, 4.69) is 15.7 Å². The van der Waals surface area contributed by atoms with Gasteiger partial charge in [-0.1, -0.05) is 12.8 Å². The lowest BCUT2D eigenvalue weighted by Crippen LogP contribution is -2.38. The molecular weight excluding hydrogens is 314 g/mol. The molecule has 1 atom stereocenters. The first-order valence-corrected chi connectivity index (χ1v) is 9.99. The van der Waals surface area contributed by atoms with Crippen LogP contribution in [0.4, 0.5) is 0 Å². The molecule has 136 valence electrons. The first kappa shape index (κ1) is 16.7.